The van der Waals surface area contributed by atoms with E-state index in [2.05, 4.69) is 29.5 Å². The van der Waals surface area contributed by atoms with Crippen molar-refractivity contribution in [3.8, 4) is 0 Å². The number of ether oxygens (including phenoxy) is 1. The number of nitrogens with one attached hydrogen (secondary N) is 2. The number of nitrogens with zero attached hydrogens (tertiary/aromatic N) is 1. The highest BCUT2D eigenvalue weighted by molar-refractivity contribution is 14.0. The zero-order valence-corrected chi connectivity index (χ0v) is 12.9. The Morgan fingerprint density at radius 3 is 3.00 bits per heavy atom. The molecule has 0 bridgehead atoms. The van der Waals surface area contributed by atoms with Crippen molar-refractivity contribution in [1.82, 2.24) is 10.6 Å². The fourth-order valence-electron chi connectivity index (χ4n) is 3.39. The summed E-state index contributed by atoms with van der Waals surface area (Å²) < 4.78 is 5.79. The molecule has 2 fully saturated rings. The lowest BCUT2D eigenvalue weighted by Gasteiger charge is -2.55. The summed E-state index contributed by atoms with van der Waals surface area (Å²) in [6, 6.07) is 0.518. The predicted octanol–water partition coefficient (Wildman–Crippen LogP) is 1.36. The van der Waals surface area contributed by atoms with Crippen LogP contribution in [0.5, 0.6) is 0 Å². The van der Waals surface area contributed by atoms with E-state index in [4.69, 9.17) is 4.74 Å². The Morgan fingerprint density at radius 1 is 1.47 bits per heavy atom. The van der Waals surface area contributed by atoms with Gasteiger partial charge in [-0.2, -0.15) is 0 Å². The van der Waals surface area contributed by atoms with Crippen molar-refractivity contribution in [2.24, 2.45) is 16.3 Å². The van der Waals surface area contributed by atoms with Gasteiger partial charge in [0.25, 0.3) is 0 Å². The second-order valence-electron chi connectivity index (χ2n) is 5.70. The van der Waals surface area contributed by atoms with Crippen LogP contribution >= 0.6 is 24.0 Å². The molecule has 17 heavy (non-hydrogen) atoms. The molecule has 3 aliphatic rings. The smallest absolute Gasteiger partial charge is 0.191 e. The molecule has 3 atom stereocenters. The molecule has 0 aromatic carbocycles. The van der Waals surface area contributed by atoms with Gasteiger partial charge in [0.1, 0.15) is 0 Å². The van der Waals surface area contributed by atoms with E-state index >= 15 is 0 Å². The van der Waals surface area contributed by atoms with Crippen molar-refractivity contribution in [2.45, 2.75) is 38.8 Å². The van der Waals surface area contributed by atoms with Crippen LogP contribution in [0.1, 0.15) is 26.7 Å². The molecule has 0 amide bonds. The van der Waals surface area contributed by atoms with E-state index in [1.165, 1.54) is 6.42 Å². The zero-order chi connectivity index (χ0) is 11.2. The normalized spacial score (nSPS) is 38.0. The van der Waals surface area contributed by atoms with Crippen molar-refractivity contribution in [3.63, 3.8) is 0 Å². The summed E-state index contributed by atoms with van der Waals surface area (Å²) in [6.45, 7) is 7.51. The van der Waals surface area contributed by atoms with Crippen molar-refractivity contribution in [1.29, 1.82) is 0 Å². The topological polar surface area (TPSA) is 45.7 Å². The number of rotatable bonds is 1. The summed E-state index contributed by atoms with van der Waals surface area (Å²) >= 11 is 0. The van der Waals surface area contributed by atoms with Crippen LogP contribution in [0.2, 0.25) is 0 Å². The molecule has 2 aliphatic heterocycles. The van der Waals surface area contributed by atoms with Crippen LogP contribution < -0.4 is 10.6 Å². The maximum Gasteiger partial charge on any atom is 0.191 e. The lowest BCUT2D eigenvalue weighted by Crippen LogP contribution is -2.68. The van der Waals surface area contributed by atoms with E-state index in [9.17, 15) is 0 Å². The quantitative estimate of drug-likeness (QED) is 0.702. The first-order valence-electron chi connectivity index (χ1n) is 6.36. The molecule has 1 saturated heterocycles. The molecule has 4 nitrogen and oxygen atoms in total. The number of guanidine groups is 1. The molecule has 3 unspecified atom stereocenters. The van der Waals surface area contributed by atoms with Gasteiger partial charge in [-0.25, -0.2) is 0 Å². The second-order valence-corrected chi connectivity index (χ2v) is 5.70. The lowest BCUT2D eigenvalue weighted by atomic mass is 9.57. The molecular weight excluding hydrogens is 329 g/mol. The van der Waals surface area contributed by atoms with E-state index in [1.807, 2.05) is 0 Å². The largest absolute Gasteiger partial charge is 0.377 e. The van der Waals surface area contributed by atoms with Crippen LogP contribution in [0, 0.1) is 11.3 Å². The highest BCUT2D eigenvalue weighted by atomic mass is 127. The van der Waals surface area contributed by atoms with E-state index in [0.717, 1.165) is 32.1 Å². The maximum absolute atomic E-state index is 5.79. The summed E-state index contributed by atoms with van der Waals surface area (Å²) in [5, 5.41) is 6.91. The molecule has 0 spiro atoms. The van der Waals surface area contributed by atoms with Crippen molar-refractivity contribution >= 4 is 29.9 Å². The second kappa shape index (κ2) is 4.91. The Bertz CT molecular complexity index is 319. The molecule has 2 N–H and O–H groups in total. The van der Waals surface area contributed by atoms with Gasteiger partial charge in [-0.15, -0.1) is 24.0 Å². The fourth-order valence-corrected chi connectivity index (χ4v) is 3.39. The Labute approximate surface area is 120 Å². The number of aliphatic imine (C=N–C) groups is 1. The minimum absolute atomic E-state index is 0. The third-order valence-corrected chi connectivity index (χ3v) is 4.29. The first-order valence-corrected chi connectivity index (χ1v) is 6.36. The average Bonchev–Trinajstić information content (AvgIpc) is 2.74. The van der Waals surface area contributed by atoms with E-state index in [-0.39, 0.29) is 29.4 Å². The molecule has 1 saturated carbocycles. The SMILES string of the molecule is CC1(C)C(NC2=NCCCN2)C2CCOC21.I. The van der Waals surface area contributed by atoms with Gasteiger partial charge in [-0.1, -0.05) is 13.8 Å². The monoisotopic (exact) mass is 351 g/mol. The first-order chi connectivity index (χ1) is 7.69. The third kappa shape index (κ3) is 2.16. The van der Waals surface area contributed by atoms with Crippen LogP contribution in [0.15, 0.2) is 4.99 Å². The van der Waals surface area contributed by atoms with Crippen LogP contribution in [0.4, 0.5) is 0 Å². The van der Waals surface area contributed by atoms with Gasteiger partial charge in [0.15, 0.2) is 5.96 Å². The summed E-state index contributed by atoms with van der Waals surface area (Å²) in [7, 11) is 0. The number of hydrogen-bond acceptors (Lipinski definition) is 4. The lowest BCUT2D eigenvalue weighted by molar-refractivity contribution is -0.106. The van der Waals surface area contributed by atoms with Gasteiger partial charge in [-0.05, 0) is 12.8 Å². The molecule has 3 rings (SSSR count). The summed E-state index contributed by atoms with van der Waals surface area (Å²) in [6.07, 6.45) is 2.79. The molecule has 2 heterocycles. The van der Waals surface area contributed by atoms with Gasteiger partial charge < -0.3 is 15.4 Å². The van der Waals surface area contributed by atoms with Gasteiger partial charge in [0, 0.05) is 37.1 Å². The Balaban J connectivity index is 0.00000108. The van der Waals surface area contributed by atoms with Crippen LogP contribution in [0.3, 0.4) is 0 Å². The van der Waals surface area contributed by atoms with Crippen molar-refractivity contribution in [2.75, 3.05) is 19.7 Å². The van der Waals surface area contributed by atoms with E-state index in [0.29, 0.717) is 18.1 Å². The van der Waals surface area contributed by atoms with Gasteiger partial charge >= 0.3 is 0 Å². The van der Waals surface area contributed by atoms with Crippen molar-refractivity contribution in [3.05, 3.63) is 0 Å². The minimum Gasteiger partial charge on any atom is -0.377 e. The first kappa shape index (κ1) is 13.4. The van der Waals surface area contributed by atoms with Crippen LogP contribution in [0.25, 0.3) is 0 Å². The van der Waals surface area contributed by atoms with Crippen molar-refractivity contribution < 1.29 is 4.74 Å². The standard InChI is InChI=1S/C12H21N3O.HI/c1-12(2)9(8-4-7-16-10(8)12)15-11-13-5-3-6-14-11;/h8-10H,3-7H2,1-2H3,(H2,13,14,15);1H. The molecule has 0 aromatic rings. The maximum atomic E-state index is 5.79. The molecule has 0 aromatic heterocycles. The minimum atomic E-state index is 0. The Morgan fingerprint density at radius 2 is 2.29 bits per heavy atom. The molecular formula is C12H22IN3O. The highest BCUT2D eigenvalue weighted by Gasteiger charge is 2.59. The van der Waals surface area contributed by atoms with E-state index in [1.54, 1.807) is 0 Å². The molecule has 1 aliphatic carbocycles. The van der Waals surface area contributed by atoms with Gasteiger partial charge in [0.2, 0.25) is 0 Å². The average molecular weight is 351 g/mol. The van der Waals surface area contributed by atoms with Crippen LogP contribution in [-0.4, -0.2) is 37.8 Å². The molecule has 98 valence electrons. The number of hydrogen-bond donors (Lipinski definition) is 2. The third-order valence-electron chi connectivity index (χ3n) is 4.29. The fraction of sp³-hybridized carbons (Fsp3) is 0.917. The number of fused-ring (bicyclic) bond motifs is 1. The van der Waals surface area contributed by atoms with Gasteiger partial charge in [0.05, 0.1) is 6.10 Å². The van der Waals surface area contributed by atoms with Crippen LogP contribution in [-0.2, 0) is 4.74 Å². The molecule has 0 radical (unpaired) electrons. The Hall–Kier alpha value is -0.0400. The molecule has 5 heteroatoms. The van der Waals surface area contributed by atoms with E-state index < -0.39 is 0 Å². The van der Waals surface area contributed by atoms with Gasteiger partial charge in [-0.3, -0.25) is 4.99 Å². The summed E-state index contributed by atoms with van der Waals surface area (Å²) in [5.41, 5.74) is 0.239. The summed E-state index contributed by atoms with van der Waals surface area (Å²) in [4.78, 5) is 4.48. The highest BCUT2D eigenvalue weighted by Crippen LogP contribution is 2.52. The number of halogens is 1. The summed E-state index contributed by atoms with van der Waals surface area (Å²) in [5.74, 6) is 1.68. The Kier molecular flexibility index (Phi) is 3.87. The predicted molar refractivity (Wildman–Crippen MR) is 78.9 cm³/mol. The zero-order valence-electron chi connectivity index (χ0n) is 10.5.